The number of pyridine rings is 2. The van der Waals surface area contributed by atoms with E-state index >= 15 is 0 Å². The lowest BCUT2D eigenvalue weighted by atomic mass is 9.99. The number of halogens is 3. The summed E-state index contributed by atoms with van der Waals surface area (Å²) in [5.41, 5.74) is -0.690. The Morgan fingerprint density at radius 2 is 1.90 bits per heavy atom. The number of benzene rings is 1. The van der Waals surface area contributed by atoms with Crippen LogP contribution in [0.3, 0.4) is 0 Å². The number of nitrogens with one attached hydrogen (secondary N) is 2. The van der Waals surface area contributed by atoms with Gasteiger partial charge in [0, 0.05) is 53.4 Å². The number of urea groups is 1. The van der Waals surface area contributed by atoms with Crippen LogP contribution < -0.4 is 16.1 Å². The highest BCUT2D eigenvalue weighted by molar-refractivity contribution is 7.13. The normalized spacial score (nSPS) is 11.8. The molecule has 14 heteroatoms. The molecule has 216 valence electrons. The van der Waals surface area contributed by atoms with Crippen LogP contribution in [0.5, 0.6) is 0 Å². The smallest absolute Gasteiger partial charge is 0.434 e. The minimum Gasteiger partial charge on any atom is -0.477 e. The fraction of sp³-hybridized carbons (Fsp3) is 0.296. The van der Waals surface area contributed by atoms with Crippen molar-refractivity contribution in [3.8, 4) is 21.7 Å². The van der Waals surface area contributed by atoms with Crippen LogP contribution in [0, 0.1) is 0 Å². The van der Waals surface area contributed by atoms with Crippen LogP contribution in [0.1, 0.15) is 29.9 Å². The van der Waals surface area contributed by atoms with Gasteiger partial charge in [-0.3, -0.25) is 10.1 Å². The van der Waals surface area contributed by atoms with Gasteiger partial charge in [0.1, 0.15) is 16.4 Å². The molecule has 0 aliphatic heterocycles. The van der Waals surface area contributed by atoms with Crippen LogP contribution in [-0.4, -0.2) is 63.2 Å². The minimum atomic E-state index is -4.66. The van der Waals surface area contributed by atoms with Gasteiger partial charge in [-0.15, -0.1) is 11.3 Å². The standard InChI is InChI=1S/C27H27F3N6O4S/c1-14(2)32-26(40)34-22-10-16(24-33-21(13-41-24)27(28,29)30)18(11-31-22)15-5-6-20-17(9-15)23(37)19(25(38)39)12-36(20)8-7-35(3)4/h5-6,9-14H,7-8H2,1-4H3,(H,38,39)(H2,31,32,34,40). The molecule has 0 aliphatic carbocycles. The Labute approximate surface area is 236 Å². The molecule has 10 nitrogen and oxygen atoms in total. The van der Waals surface area contributed by atoms with Crippen LogP contribution in [-0.2, 0) is 12.7 Å². The Morgan fingerprint density at radius 1 is 1.17 bits per heavy atom. The van der Waals surface area contributed by atoms with E-state index in [1.165, 1.54) is 24.5 Å². The molecule has 4 aromatic rings. The third-order valence-corrected chi connectivity index (χ3v) is 6.88. The number of fused-ring (bicyclic) bond motifs is 1. The first-order chi connectivity index (χ1) is 19.2. The Morgan fingerprint density at radius 3 is 2.51 bits per heavy atom. The fourth-order valence-corrected chi connectivity index (χ4v) is 4.94. The van der Waals surface area contributed by atoms with Crippen molar-refractivity contribution >= 4 is 40.1 Å². The molecule has 0 fully saturated rings. The molecule has 3 N–H and O–H groups in total. The monoisotopic (exact) mass is 588 g/mol. The number of thiazole rings is 1. The molecule has 41 heavy (non-hydrogen) atoms. The molecule has 1 aromatic carbocycles. The SMILES string of the molecule is CC(C)NC(=O)Nc1cc(-c2nc(C(F)(F)F)cs2)c(-c2ccc3c(c2)c(=O)c(C(=O)O)cn3CCN(C)C)cn1. The molecule has 0 atom stereocenters. The number of alkyl halides is 3. The maximum Gasteiger partial charge on any atom is 0.434 e. The lowest BCUT2D eigenvalue weighted by Gasteiger charge is -2.17. The number of hydrogen-bond donors (Lipinski definition) is 3. The average molecular weight is 589 g/mol. The molecular formula is C27H27F3N6O4S. The number of carbonyl (C=O) groups is 2. The van der Waals surface area contributed by atoms with Gasteiger partial charge in [0.25, 0.3) is 0 Å². The van der Waals surface area contributed by atoms with Gasteiger partial charge in [-0.05, 0) is 51.7 Å². The summed E-state index contributed by atoms with van der Waals surface area (Å²) in [6, 6.07) is 5.51. The van der Waals surface area contributed by atoms with Gasteiger partial charge in [0.15, 0.2) is 5.69 Å². The first-order valence-corrected chi connectivity index (χ1v) is 13.3. The number of carbonyl (C=O) groups excluding carboxylic acids is 1. The summed E-state index contributed by atoms with van der Waals surface area (Å²) < 4.78 is 41.8. The van der Waals surface area contributed by atoms with E-state index in [9.17, 15) is 32.7 Å². The van der Waals surface area contributed by atoms with Gasteiger partial charge in [-0.2, -0.15) is 13.2 Å². The highest BCUT2D eigenvalue weighted by Gasteiger charge is 2.34. The van der Waals surface area contributed by atoms with Crippen LogP contribution in [0.25, 0.3) is 32.6 Å². The third-order valence-electron chi connectivity index (χ3n) is 6.00. The van der Waals surface area contributed by atoms with Gasteiger partial charge in [-0.25, -0.2) is 19.6 Å². The van der Waals surface area contributed by atoms with E-state index in [1.807, 2.05) is 19.0 Å². The van der Waals surface area contributed by atoms with Gasteiger partial charge in [0.2, 0.25) is 5.43 Å². The summed E-state index contributed by atoms with van der Waals surface area (Å²) in [5.74, 6) is -1.30. The largest absolute Gasteiger partial charge is 0.477 e. The van der Waals surface area contributed by atoms with Crippen molar-refractivity contribution in [2.75, 3.05) is 26.0 Å². The summed E-state index contributed by atoms with van der Waals surface area (Å²) in [4.78, 5) is 47.2. The summed E-state index contributed by atoms with van der Waals surface area (Å²) in [5, 5.41) is 15.9. The lowest BCUT2D eigenvalue weighted by Crippen LogP contribution is -2.34. The van der Waals surface area contributed by atoms with Crippen molar-refractivity contribution in [2.45, 2.75) is 32.6 Å². The van der Waals surface area contributed by atoms with Crippen molar-refractivity contribution in [1.82, 2.24) is 24.8 Å². The van der Waals surface area contributed by atoms with Gasteiger partial charge in [-0.1, -0.05) is 6.07 Å². The summed E-state index contributed by atoms with van der Waals surface area (Å²) in [6.07, 6.45) is -1.99. The zero-order valence-corrected chi connectivity index (χ0v) is 23.4. The molecule has 0 radical (unpaired) electrons. The van der Waals surface area contributed by atoms with Gasteiger partial charge >= 0.3 is 18.2 Å². The van der Waals surface area contributed by atoms with E-state index in [0.29, 0.717) is 29.7 Å². The maximum absolute atomic E-state index is 13.4. The Bertz CT molecular complexity index is 1680. The molecular weight excluding hydrogens is 561 g/mol. The van der Waals surface area contributed by atoms with E-state index in [1.54, 1.807) is 30.5 Å². The number of aromatic carboxylic acids is 1. The lowest BCUT2D eigenvalue weighted by molar-refractivity contribution is -0.140. The number of amides is 2. The predicted octanol–water partition coefficient (Wildman–Crippen LogP) is 5.00. The second-order valence-electron chi connectivity index (χ2n) is 9.81. The number of rotatable bonds is 8. The van der Waals surface area contributed by atoms with E-state index < -0.39 is 34.9 Å². The Kier molecular flexibility index (Phi) is 8.44. The van der Waals surface area contributed by atoms with Crippen LogP contribution in [0.2, 0.25) is 0 Å². The molecule has 3 heterocycles. The third kappa shape index (κ3) is 6.72. The summed E-state index contributed by atoms with van der Waals surface area (Å²) in [7, 11) is 3.73. The molecule has 4 rings (SSSR count). The maximum atomic E-state index is 13.4. The van der Waals surface area contributed by atoms with Crippen molar-refractivity contribution in [3.63, 3.8) is 0 Å². The zero-order chi connectivity index (χ0) is 30.1. The Balaban J connectivity index is 1.90. The molecule has 0 saturated carbocycles. The van der Waals surface area contributed by atoms with Crippen LogP contribution in [0.15, 0.2) is 46.8 Å². The summed E-state index contributed by atoms with van der Waals surface area (Å²) in [6.45, 7) is 4.52. The molecule has 2 amide bonds. The quantitative estimate of drug-likeness (QED) is 0.264. The van der Waals surface area contributed by atoms with Crippen LogP contribution in [0.4, 0.5) is 23.8 Å². The van der Waals surface area contributed by atoms with Crippen molar-refractivity contribution in [2.24, 2.45) is 0 Å². The topological polar surface area (TPSA) is 129 Å². The highest BCUT2D eigenvalue weighted by Crippen LogP contribution is 2.39. The Hall–Kier alpha value is -4.30. The second-order valence-corrected chi connectivity index (χ2v) is 10.7. The molecule has 0 bridgehead atoms. The van der Waals surface area contributed by atoms with Crippen molar-refractivity contribution in [3.05, 3.63) is 63.5 Å². The van der Waals surface area contributed by atoms with E-state index in [0.717, 1.165) is 16.7 Å². The second kappa shape index (κ2) is 11.7. The number of anilines is 1. The van der Waals surface area contributed by atoms with E-state index in [2.05, 4.69) is 20.6 Å². The first-order valence-electron chi connectivity index (χ1n) is 12.4. The van der Waals surface area contributed by atoms with Crippen molar-refractivity contribution in [1.29, 1.82) is 0 Å². The first kappa shape index (κ1) is 29.7. The number of nitrogens with zero attached hydrogens (tertiary/aromatic N) is 4. The minimum absolute atomic E-state index is 0.0184. The van der Waals surface area contributed by atoms with Gasteiger partial charge < -0.3 is 19.9 Å². The zero-order valence-electron chi connectivity index (χ0n) is 22.5. The highest BCUT2D eigenvalue weighted by atomic mass is 32.1. The van der Waals surface area contributed by atoms with Crippen LogP contribution >= 0.6 is 11.3 Å². The number of carboxylic acid groups (broad SMARTS) is 1. The number of likely N-dealkylation sites (N-methyl/N-ethyl adjacent to an activating group) is 1. The predicted molar refractivity (Wildman–Crippen MR) is 150 cm³/mol. The molecule has 0 aliphatic rings. The van der Waals surface area contributed by atoms with E-state index in [-0.39, 0.29) is 27.8 Å². The summed E-state index contributed by atoms with van der Waals surface area (Å²) >= 11 is 0.766. The average Bonchev–Trinajstić information content (AvgIpc) is 3.38. The van der Waals surface area contributed by atoms with Gasteiger partial charge in [0.05, 0.1) is 5.52 Å². The molecule has 0 spiro atoms. The van der Waals surface area contributed by atoms with E-state index in [4.69, 9.17) is 0 Å². The number of hydrogen-bond acceptors (Lipinski definition) is 7. The molecule has 0 unspecified atom stereocenters. The molecule has 3 aromatic heterocycles. The number of aromatic nitrogens is 3. The molecule has 0 saturated heterocycles. The van der Waals surface area contributed by atoms with Crippen molar-refractivity contribution < 1.29 is 27.9 Å². The fourth-order valence-electron chi connectivity index (χ4n) is 4.08. The number of carboxylic acids is 1.